The fraction of sp³-hybridized carbons (Fsp3) is 0.423. The van der Waals surface area contributed by atoms with Crippen LogP contribution in [0.1, 0.15) is 42.7 Å². The van der Waals surface area contributed by atoms with Gasteiger partial charge < -0.3 is 20.1 Å². The van der Waals surface area contributed by atoms with Gasteiger partial charge in [-0.05, 0) is 53.9 Å². The summed E-state index contributed by atoms with van der Waals surface area (Å²) in [6.07, 6.45) is 0.337. The number of aliphatic carboxylic acids is 1. The maximum absolute atomic E-state index is 15.3. The van der Waals surface area contributed by atoms with Crippen molar-refractivity contribution in [3.05, 3.63) is 59.7 Å². The molecular weight excluding hydrogens is 458 g/mol. The zero-order valence-electron chi connectivity index (χ0n) is 19.0. The third kappa shape index (κ3) is 4.24. The molecule has 1 aliphatic heterocycles. The Bertz CT molecular complexity index is 1120. The highest BCUT2D eigenvalue weighted by atomic mass is 19.3. The molecule has 2 amide bonds. The van der Waals surface area contributed by atoms with Gasteiger partial charge in [-0.3, -0.25) is 4.79 Å². The summed E-state index contributed by atoms with van der Waals surface area (Å²) in [6.45, 7) is -0.0856. The number of benzene rings is 2. The van der Waals surface area contributed by atoms with Gasteiger partial charge in [0.2, 0.25) is 0 Å². The van der Waals surface area contributed by atoms with E-state index in [-0.39, 0.29) is 25.5 Å². The van der Waals surface area contributed by atoms with Gasteiger partial charge in [0, 0.05) is 12.5 Å². The first-order chi connectivity index (χ1) is 16.8. The van der Waals surface area contributed by atoms with Gasteiger partial charge in [0.05, 0.1) is 0 Å². The molecule has 9 heteroatoms. The maximum atomic E-state index is 15.3. The molecule has 0 bridgehead atoms. The summed E-state index contributed by atoms with van der Waals surface area (Å²) in [7, 11) is 0. The molecule has 2 aromatic carbocycles. The maximum Gasteiger partial charge on any atom is 0.407 e. The number of ether oxygens (including phenoxy) is 1. The summed E-state index contributed by atoms with van der Waals surface area (Å²) >= 11 is 0. The van der Waals surface area contributed by atoms with Gasteiger partial charge in [0.1, 0.15) is 18.7 Å². The van der Waals surface area contributed by atoms with Crippen molar-refractivity contribution in [2.24, 2.45) is 5.92 Å². The van der Waals surface area contributed by atoms with Crippen LogP contribution in [0.2, 0.25) is 0 Å². The van der Waals surface area contributed by atoms with Gasteiger partial charge in [-0.25, -0.2) is 9.59 Å². The molecular formula is C26H26F2N2O5. The lowest BCUT2D eigenvalue weighted by Gasteiger charge is -2.31. The van der Waals surface area contributed by atoms with Gasteiger partial charge in [0.15, 0.2) is 0 Å². The van der Waals surface area contributed by atoms with Crippen LogP contribution < -0.4 is 5.32 Å². The predicted molar refractivity (Wildman–Crippen MR) is 122 cm³/mol. The predicted octanol–water partition coefficient (Wildman–Crippen LogP) is 4.01. The van der Waals surface area contributed by atoms with Crippen LogP contribution in [0, 0.1) is 5.92 Å². The number of alkyl halides is 2. The van der Waals surface area contributed by atoms with E-state index >= 15 is 8.78 Å². The normalized spacial score (nSPS) is 20.2. The number of nitrogens with one attached hydrogen (secondary N) is 1. The molecule has 1 saturated heterocycles. The molecule has 1 heterocycles. The zero-order valence-corrected chi connectivity index (χ0v) is 19.0. The third-order valence-corrected chi connectivity index (χ3v) is 7.18. The van der Waals surface area contributed by atoms with E-state index in [1.54, 1.807) is 0 Å². The number of fused-ring (bicyclic) bond motifs is 3. The lowest BCUT2D eigenvalue weighted by molar-refractivity contribution is -0.167. The molecule has 0 spiro atoms. The molecule has 2 aromatic rings. The number of carbonyl (C=O) groups is 3. The Kier molecular flexibility index (Phi) is 5.94. The molecule has 2 N–H and O–H groups in total. The molecule has 7 nitrogen and oxygen atoms in total. The first-order valence-electron chi connectivity index (χ1n) is 11.8. The second kappa shape index (κ2) is 8.94. The Morgan fingerprint density at radius 3 is 2.20 bits per heavy atom. The topological polar surface area (TPSA) is 95.9 Å². The highest BCUT2D eigenvalue weighted by Crippen LogP contribution is 2.45. The molecule has 35 heavy (non-hydrogen) atoms. The average Bonchev–Trinajstić information content (AvgIpc) is 3.46. The van der Waals surface area contributed by atoms with Crippen LogP contribution in [-0.2, 0) is 14.3 Å². The van der Waals surface area contributed by atoms with E-state index in [9.17, 15) is 19.5 Å². The molecule has 2 fully saturated rings. The van der Waals surface area contributed by atoms with E-state index in [0.29, 0.717) is 19.3 Å². The van der Waals surface area contributed by atoms with Gasteiger partial charge >= 0.3 is 18.0 Å². The van der Waals surface area contributed by atoms with Crippen LogP contribution >= 0.6 is 0 Å². The van der Waals surface area contributed by atoms with Crippen LogP contribution in [-0.4, -0.2) is 59.1 Å². The Balaban J connectivity index is 1.28. The summed E-state index contributed by atoms with van der Waals surface area (Å²) < 4.78 is 36.0. The lowest BCUT2D eigenvalue weighted by Crippen LogP contribution is -2.59. The van der Waals surface area contributed by atoms with Gasteiger partial charge in [0.25, 0.3) is 5.91 Å². The average molecular weight is 484 g/mol. The Hall–Kier alpha value is -3.49. The SMILES string of the molecule is O=C(NC(C1CC1)C(F)(F)C(=O)N1CCC[C@@H]1C(=O)O)OCC1c2ccccc2-c2ccccc21. The number of carbonyl (C=O) groups excluding carboxylic acids is 2. The summed E-state index contributed by atoms with van der Waals surface area (Å²) in [5.41, 5.74) is 4.08. The first kappa shape index (κ1) is 23.3. The van der Waals surface area contributed by atoms with Gasteiger partial charge in [-0.1, -0.05) is 48.5 Å². The van der Waals surface area contributed by atoms with Crippen molar-refractivity contribution in [2.75, 3.05) is 13.2 Å². The summed E-state index contributed by atoms with van der Waals surface area (Å²) in [5, 5.41) is 11.5. The van der Waals surface area contributed by atoms with E-state index in [2.05, 4.69) is 5.32 Å². The Labute approximate surface area is 201 Å². The van der Waals surface area contributed by atoms with Crippen LogP contribution in [0.3, 0.4) is 0 Å². The van der Waals surface area contributed by atoms with Gasteiger partial charge in [-0.15, -0.1) is 0 Å². The summed E-state index contributed by atoms with van der Waals surface area (Å²) in [5.74, 6) is -7.60. The first-order valence-corrected chi connectivity index (χ1v) is 11.8. The van der Waals surface area contributed by atoms with Crippen molar-refractivity contribution < 1.29 is 33.0 Å². The molecule has 2 atom stereocenters. The van der Waals surface area contributed by atoms with Crippen molar-refractivity contribution in [3.63, 3.8) is 0 Å². The lowest BCUT2D eigenvalue weighted by atomic mass is 9.98. The second-order valence-electron chi connectivity index (χ2n) is 9.40. The van der Waals surface area contributed by atoms with Crippen LogP contribution in [0.15, 0.2) is 48.5 Å². The standard InChI is InChI=1S/C26H26F2N2O5/c27-26(28,24(33)30-13-5-10-21(30)23(31)32)22(15-11-12-15)29-25(34)35-14-20-18-8-3-1-6-16(18)17-7-2-4-9-19(17)20/h1-4,6-9,15,20-22H,5,10-14H2,(H,29,34)(H,31,32)/t21-,22?/m1/s1. The molecule has 3 aliphatic rings. The molecule has 184 valence electrons. The minimum absolute atomic E-state index is 0.0377. The van der Waals surface area contributed by atoms with Crippen molar-refractivity contribution >= 4 is 18.0 Å². The monoisotopic (exact) mass is 484 g/mol. The Morgan fingerprint density at radius 1 is 1.03 bits per heavy atom. The number of carboxylic acids is 1. The number of hydrogen-bond acceptors (Lipinski definition) is 4. The van der Waals surface area contributed by atoms with Crippen molar-refractivity contribution in [1.29, 1.82) is 0 Å². The third-order valence-electron chi connectivity index (χ3n) is 7.18. The Morgan fingerprint density at radius 2 is 1.63 bits per heavy atom. The number of alkyl carbamates (subject to hydrolysis) is 1. The van der Waals surface area contributed by atoms with E-state index < -0.39 is 41.9 Å². The second-order valence-corrected chi connectivity index (χ2v) is 9.40. The van der Waals surface area contributed by atoms with E-state index in [1.807, 2.05) is 48.5 Å². The fourth-order valence-corrected chi connectivity index (χ4v) is 5.29. The number of carboxylic acid groups (broad SMARTS) is 1. The highest BCUT2D eigenvalue weighted by Gasteiger charge is 2.57. The minimum Gasteiger partial charge on any atom is -0.480 e. The number of hydrogen-bond donors (Lipinski definition) is 2. The molecule has 0 aromatic heterocycles. The largest absolute Gasteiger partial charge is 0.480 e. The number of nitrogens with zero attached hydrogens (tertiary/aromatic N) is 1. The molecule has 1 unspecified atom stereocenters. The van der Waals surface area contributed by atoms with E-state index in [4.69, 9.17) is 4.74 Å². The van der Waals surface area contributed by atoms with Crippen LogP contribution in [0.4, 0.5) is 13.6 Å². The van der Waals surface area contributed by atoms with Crippen molar-refractivity contribution in [3.8, 4) is 11.1 Å². The number of amides is 2. The molecule has 2 aliphatic carbocycles. The number of likely N-dealkylation sites (tertiary alicyclic amines) is 1. The van der Waals surface area contributed by atoms with Crippen molar-refractivity contribution in [2.45, 2.75) is 49.6 Å². The quantitative estimate of drug-likeness (QED) is 0.619. The fourth-order valence-electron chi connectivity index (χ4n) is 5.29. The van der Waals surface area contributed by atoms with E-state index in [1.165, 1.54) is 0 Å². The van der Waals surface area contributed by atoms with Crippen LogP contribution in [0.25, 0.3) is 11.1 Å². The summed E-state index contributed by atoms with van der Waals surface area (Å²) in [6, 6.07) is 12.5. The number of halogens is 2. The highest BCUT2D eigenvalue weighted by molar-refractivity contribution is 5.90. The molecule has 1 saturated carbocycles. The van der Waals surface area contributed by atoms with Crippen molar-refractivity contribution in [1.82, 2.24) is 10.2 Å². The number of rotatable bonds is 7. The minimum atomic E-state index is -3.94. The smallest absolute Gasteiger partial charge is 0.407 e. The van der Waals surface area contributed by atoms with E-state index in [0.717, 1.165) is 27.2 Å². The molecule has 5 rings (SSSR count). The molecule has 0 radical (unpaired) electrons. The summed E-state index contributed by atoms with van der Waals surface area (Å²) in [4.78, 5) is 37.5. The van der Waals surface area contributed by atoms with Gasteiger partial charge in [-0.2, -0.15) is 8.78 Å². The zero-order chi connectivity index (χ0) is 24.7. The van der Waals surface area contributed by atoms with Crippen LogP contribution in [0.5, 0.6) is 0 Å².